The minimum atomic E-state index is -0.628. The third-order valence-corrected chi connectivity index (χ3v) is 9.30. The number of esters is 1. The molecule has 2 rings (SSSR count). The fourth-order valence-electron chi connectivity index (χ4n) is 6.46. The molecule has 1 saturated heterocycles. The standard InChI is InChI=1S/C37H66O7/c1-3-4-5-6-7-8-9-12-15-20-31(38)22-17-18-23-33(40)35-26-27-36(44-35)34(41)25-24-32(39)21-16-13-10-11-14-19-30-28-29(2)43-37(30)42/h17,22,28-29,31-36,38-41H,3-16,18-21,23-27H2,1-2H3/b22-17+/t29-,31-,32+,33+,34+,35+,36+/m0/s1. The van der Waals surface area contributed by atoms with Crippen LogP contribution in [0.5, 0.6) is 0 Å². The molecule has 0 spiro atoms. The third-order valence-electron chi connectivity index (χ3n) is 9.30. The number of carbonyl (C=O) groups excluding carboxylic acids is 1. The number of allylic oxidation sites excluding steroid dienone is 1. The zero-order valence-electron chi connectivity index (χ0n) is 28.1. The normalized spacial score (nSPS) is 23.2. The van der Waals surface area contributed by atoms with Gasteiger partial charge in [-0.15, -0.1) is 0 Å². The molecule has 2 heterocycles. The third kappa shape index (κ3) is 17.4. The maximum atomic E-state index is 11.6. The van der Waals surface area contributed by atoms with Crippen molar-refractivity contribution in [3.8, 4) is 0 Å². The lowest BCUT2D eigenvalue weighted by atomic mass is 9.99. The van der Waals surface area contributed by atoms with Gasteiger partial charge in [-0.05, 0) is 77.2 Å². The van der Waals surface area contributed by atoms with E-state index in [2.05, 4.69) is 6.92 Å². The van der Waals surface area contributed by atoms with Crippen LogP contribution in [0.3, 0.4) is 0 Å². The average molecular weight is 623 g/mol. The molecule has 0 amide bonds. The van der Waals surface area contributed by atoms with Crippen LogP contribution < -0.4 is 0 Å². The van der Waals surface area contributed by atoms with Crippen molar-refractivity contribution >= 4 is 5.97 Å². The van der Waals surface area contributed by atoms with Gasteiger partial charge in [0, 0.05) is 5.57 Å². The minimum absolute atomic E-state index is 0.0938. The molecule has 7 atom stereocenters. The molecule has 4 N–H and O–H groups in total. The zero-order valence-corrected chi connectivity index (χ0v) is 28.1. The molecular formula is C37H66O7. The highest BCUT2D eigenvalue weighted by atomic mass is 16.5. The molecule has 0 unspecified atom stereocenters. The number of unbranched alkanes of at least 4 members (excludes halogenated alkanes) is 12. The molecule has 0 aliphatic carbocycles. The first-order valence-electron chi connectivity index (χ1n) is 18.3. The largest absolute Gasteiger partial charge is 0.455 e. The summed E-state index contributed by atoms with van der Waals surface area (Å²) in [5.41, 5.74) is 0.807. The molecule has 0 saturated carbocycles. The molecule has 7 nitrogen and oxygen atoms in total. The number of aliphatic hydroxyl groups is 4. The fourth-order valence-corrected chi connectivity index (χ4v) is 6.46. The minimum Gasteiger partial charge on any atom is -0.455 e. The molecule has 0 radical (unpaired) electrons. The van der Waals surface area contributed by atoms with Gasteiger partial charge in [0.1, 0.15) is 6.10 Å². The molecular weight excluding hydrogens is 556 g/mol. The van der Waals surface area contributed by atoms with Crippen molar-refractivity contribution in [1.29, 1.82) is 0 Å². The van der Waals surface area contributed by atoms with Crippen LogP contribution in [0.15, 0.2) is 23.8 Å². The van der Waals surface area contributed by atoms with E-state index in [9.17, 15) is 25.2 Å². The van der Waals surface area contributed by atoms with E-state index in [0.717, 1.165) is 76.2 Å². The highest BCUT2D eigenvalue weighted by Gasteiger charge is 2.34. The van der Waals surface area contributed by atoms with E-state index in [1.165, 1.54) is 51.4 Å². The van der Waals surface area contributed by atoms with Crippen molar-refractivity contribution in [2.75, 3.05) is 0 Å². The summed E-state index contributed by atoms with van der Waals surface area (Å²) in [7, 11) is 0. The van der Waals surface area contributed by atoms with E-state index in [-0.39, 0.29) is 24.3 Å². The predicted octanol–water partition coefficient (Wildman–Crippen LogP) is 7.62. The summed E-state index contributed by atoms with van der Waals surface area (Å²) in [6, 6.07) is 0. The van der Waals surface area contributed by atoms with Crippen LogP contribution in [0.4, 0.5) is 0 Å². The average Bonchev–Trinajstić information content (AvgIpc) is 3.62. The lowest BCUT2D eigenvalue weighted by molar-refractivity contribution is -0.139. The number of aliphatic hydroxyl groups excluding tert-OH is 4. The van der Waals surface area contributed by atoms with Gasteiger partial charge in [0.05, 0.1) is 36.6 Å². The Hall–Kier alpha value is -1.25. The van der Waals surface area contributed by atoms with E-state index in [1.807, 2.05) is 25.2 Å². The Labute approximate surface area is 268 Å². The number of carbonyl (C=O) groups is 1. The number of hydrogen-bond donors (Lipinski definition) is 4. The number of hydrogen-bond acceptors (Lipinski definition) is 7. The van der Waals surface area contributed by atoms with Crippen LogP contribution in [-0.2, 0) is 14.3 Å². The number of cyclic esters (lactones) is 1. The Kier molecular flexibility index (Phi) is 21.2. The van der Waals surface area contributed by atoms with Crippen molar-refractivity contribution in [1.82, 2.24) is 0 Å². The van der Waals surface area contributed by atoms with E-state index >= 15 is 0 Å². The van der Waals surface area contributed by atoms with Gasteiger partial charge in [-0.2, -0.15) is 0 Å². The first-order chi connectivity index (χ1) is 21.3. The molecule has 0 bridgehead atoms. The van der Waals surface area contributed by atoms with Gasteiger partial charge in [-0.25, -0.2) is 4.79 Å². The van der Waals surface area contributed by atoms with Gasteiger partial charge in [0.2, 0.25) is 0 Å². The summed E-state index contributed by atoms with van der Waals surface area (Å²) >= 11 is 0. The summed E-state index contributed by atoms with van der Waals surface area (Å²) in [6.45, 7) is 4.13. The maximum absolute atomic E-state index is 11.6. The van der Waals surface area contributed by atoms with Crippen molar-refractivity contribution in [2.45, 2.75) is 204 Å². The second kappa shape index (κ2) is 24.0. The van der Waals surface area contributed by atoms with Crippen LogP contribution >= 0.6 is 0 Å². The molecule has 7 heteroatoms. The lowest BCUT2D eigenvalue weighted by Crippen LogP contribution is -2.31. The Morgan fingerprint density at radius 2 is 1.32 bits per heavy atom. The van der Waals surface area contributed by atoms with Gasteiger partial charge in [0.25, 0.3) is 0 Å². The van der Waals surface area contributed by atoms with E-state index in [0.29, 0.717) is 25.7 Å². The van der Waals surface area contributed by atoms with Crippen LogP contribution in [0.2, 0.25) is 0 Å². The van der Waals surface area contributed by atoms with Crippen molar-refractivity contribution < 1.29 is 34.7 Å². The Morgan fingerprint density at radius 3 is 1.93 bits per heavy atom. The van der Waals surface area contributed by atoms with Gasteiger partial charge >= 0.3 is 5.97 Å². The molecule has 2 aliphatic heterocycles. The Morgan fingerprint density at radius 1 is 0.750 bits per heavy atom. The molecule has 2 aliphatic rings. The van der Waals surface area contributed by atoms with Gasteiger partial charge in [0.15, 0.2) is 0 Å². The van der Waals surface area contributed by atoms with E-state index in [4.69, 9.17) is 9.47 Å². The second-order valence-corrected chi connectivity index (χ2v) is 13.5. The van der Waals surface area contributed by atoms with Gasteiger partial charge in [-0.3, -0.25) is 0 Å². The van der Waals surface area contributed by atoms with Crippen molar-refractivity contribution in [3.63, 3.8) is 0 Å². The maximum Gasteiger partial charge on any atom is 0.334 e. The van der Waals surface area contributed by atoms with Crippen LogP contribution in [0.25, 0.3) is 0 Å². The molecule has 44 heavy (non-hydrogen) atoms. The van der Waals surface area contributed by atoms with Gasteiger partial charge in [-0.1, -0.05) is 103 Å². The topological polar surface area (TPSA) is 116 Å². The van der Waals surface area contributed by atoms with Crippen LogP contribution in [0.1, 0.15) is 162 Å². The number of rotatable bonds is 27. The van der Waals surface area contributed by atoms with E-state index < -0.39 is 24.4 Å². The smallest absolute Gasteiger partial charge is 0.334 e. The Bertz CT molecular complexity index is 797. The van der Waals surface area contributed by atoms with Crippen molar-refractivity contribution in [2.24, 2.45) is 0 Å². The highest BCUT2D eigenvalue weighted by molar-refractivity contribution is 5.90. The van der Waals surface area contributed by atoms with Crippen LogP contribution in [0, 0.1) is 0 Å². The van der Waals surface area contributed by atoms with Crippen molar-refractivity contribution in [3.05, 3.63) is 23.8 Å². The molecule has 256 valence electrons. The zero-order chi connectivity index (χ0) is 32.0. The highest BCUT2D eigenvalue weighted by Crippen LogP contribution is 2.28. The SMILES string of the molecule is CCCCCCCCCCC[C@H](O)/C=C/CC[C@@H](O)[C@H]1CC[C@H]([C@H](O)CC[C@H](O)CCCCCCCC2=C[C@H](C)OC2=O)O1. The fraction of sp³-hybridized carbons (Fsp3) is 0.865. The first-order valence-corrected chi connectivity index (χ1v) is 18.3. The molecule has 0 aromatic heterocycles. The summed E-state index contributed by atoms with van der Waals surface area (Å²) < 4.78 is 11.1. The molecule has 0 aromatic carbocycles. The summed E-state index contributed by atoms with van der Waals surface area (Å²) in [5.74, 6) is -0.170. The second-order valence-electron chi connectivity index (χ2n) is 13.5. The van der Waals surface area contributed by atoms with Gasteiger partial charge < -0.3 is 29.9 Å². The first kappa shape index (κ1) is 38.9. The number of ether oxygens (including phenoxy) is 2. The quantitative estimate of drug-likeness (QED) is 0.0423. The van der Waals surface area contributed by atoms with Crippen LogP contribution in [-0.4, -0.2) is 69.1 Å². The summed E-state index contributed by atoms with van der Waals surface area (Å²) in [4.78, 5) is 11.6. The lowest BCUT2D eigenvalue weighted by Gasteiger charge is -2.22. The summed E-state index contributed by atoms with van der Waals surface area (Å²) in [6.07, 6.45) is 25.8. The monoisotopic (exact) mass is 622 g/mol. The molecule has 0 aromatic rings. The Balaban J connectivity index is 1.44. The molecule has 1 fully saturated rings. The summed E-state index contributed by atoms with van der Waals surface area (Å²) in [5, 5.41) is 41.8. The predicted molar refractivity (Wildman–Crippen MR) is 177 cm³/mol. The van der Waals surface area contributed by atoms with E-state index in [1.54, 1.807) is 0 Å².